The van der Waals surface area contributed by atoms with Gasteiger partial charge in [-0.05, 0) is 57.4 Å². The van der Waals surface area contributed by atoms with Crippen molar-refractivity contribution in [3.05, 3.63) is 78.2 Å². The normalized spacial score (nSPS) is 13.0. The van der Waals surface area contributed by atoms with E-state index in [0.29, 0.717) is 0 Å². The van der Waals surface area contributed by atoms with Crippen molar-refractivity contribution >= 4 is 22.9 Å². The van der Waals surface area contributed by atoms with Crippen LogP contribution in [0.1, 0.15) is 17.5 Å². The largest absolute Gasteiger partial charge is 0.324 e. The Bertz CT molecular complexity index is 950. The molecule has 0 aliphatic carbocycles. The van der Waals surface area contributed by atoms with E-state index < -0.39 is 0 Å². The van der Waals surface area contributed by atoms with Crippen LogP contribution >= 0.6 is 0 Å². The van der Waals surface area contributed by atoms with Crippen LogP contribution in [0.25, 0.3) is 0 Å². The van der Waals surface area contributed by atoms with Gasteiger partial charge in [-0.1, -0.05) is 18.2 Å². The van der Waals surface area contributed by atoms with Gasteiger partial charge >= 0.3 is 0 Å². The van der Waals surface area contributed by atoms with E-state index >= 15 is 0 Å². The molecule has 0 bridgehead atoms. The Hall–Kier alpha value is -3.05. The molecular formula is C22H23N5. The van der Waals surface area contributed by atoms with E-state index in [2.05, 4.69) is 58.1 Å². The van der Waals surface area contributed by atoms with Gasteiger partial charge in [0.25, 0.3) is 0 Å². The molecule has 1 aliphatic rings. The molecule has 136 valence electrons. The van der Waals surface area contributed by atoms with Gasteiger partial charge in [-0.25, -0.2) is 9.98 Å². The first-order valence-corrected chi connectivity index (χ1v) is 9.20. The molecule has 1 aromatic carbocycles. The predicted octanol–water partition coefficient (Wildman–Crippen LogP) is 4.05. The number of anilines is 2. The zero-order valence-corrected chi connectivity index (χ0v) is 15.7. The van der Waals surface area contributed by atoms with Crippen molar-refractivity contribution in [2.45, 2.75) is 6.42 Å². The van der Waals surface area contributed by atoms with Gasteiger partial charge in [0.05, 0.1) is 11.4 Å². The van der Waals surface area contributed by atoms with E-state index in [0.717, 1.165) is 53.5 Å². The number of hydrogen-bond donors (Lipinski definition) is 0. The zero-order valence-electron chi connectivity index (χ0n) is 15.7. The van der Waals surface area contributed by atoms with E-state index in [1.165, 1.54) is 0 Å². The number of aliphatic imine (C=N–C) groups is 1. The molecule has 4 rings (SSSR count). The molecule has 0 amide bonds. The molecule has 0 saturated heterocycles. The standard InChI is InChI=1S/C22H23N5/c1-26(2)15-6-16-27-20-9-4-3-7-18(20)21(17-10-13-23-14-11-17)25-19-8-5-12-24-22(19)27/h3-5,7-14H,6,15-16H2,1-2H3. The minimum Gasteiger partial charge on any atom is -0.324 e. The highest BCUT2D eigenvalue weighted by Gasteiger charge is 2.24. The van der Waals surface area contributed by atoms with Crippen LogP contribution in [0.3, 0.4) is 0 Å². The van der Waals surface area contributed by atoms with Gasteiger partial charge in [0.1, 0.15) is 5.69 Å². The van der Waals surface area contributed by atoms with Gasteiger partial charge in [0.2, 0.25) is 0 Å². The first-order valence-electron chi connectivity index (χ1n) is 9.20. The summed E-state index contributed by atoms with van der Waals surface area (Å²) in [5, 5.41) is 0. The second-order valence-electron chi connectivity index (χ2n) is 6.87. The van der Waals surface area contributed by atoms with Crippen molar-refractivity contribution in [1.82, 2.24) is 14.9 Å². The van der Waals surface area contributed by atoms with Gasteiger partial charge in [0.15, 0.2) is 5.82 Å². The monoisotopic (exact) mass is 357 g/mol. The maximum atomic E-state index is 5.02. The average molecular weight is 357 g/mol. The fraction of sp³-hybridized carbons (Fsp3) is 0.227. The summed E-state index contributed by atoms with van der Waals surface area (Å²) >= 11 is 0. The topological polar surface area (TPSA) is 44.6 Å². The predicted molar refractivity (Wildman–Crippen MR) is 110 cm³/mol. The lowest BCUT2D eigenvalue weighted by atomic mass is 10.0. The average Bonchev–Trinajstić information content (AvgIpc) is 2.84. The van der Waals surface area contributed by atoms with Crippen molar-refractivity contribution in [3.63, 3.8) is 0 Å². The summed E-state index contributed by atoms with van der Waals surface area (Å²) in [7, 11) is 4.21. The first-order chi connectivity index (χ1) is 13.2. The van der Waals surface area contributed by atoms with Crippen molar-refractivity contribution < 1.29 is 0 Å². The molecule has 1 aliphatic heterocycles. The highest BCUT2D eigenvalue weighted by Crippen LogP contribution is 2.38. The zero-order chi connectivity index (χ0) is 18.6. The van der Waals surface area contributed by atoms with Gasteiger partial charge in [-0.3, -0.25) is 4.98 Å². The number of benzene rings is 1. The summed E-state index contributed by atoms with van der Waals surface area (Å²) in [4.78, 5) is 18.4. The minimum atomic E-state index is 0.887. The Morgan fingerprint density at radius 2 is 1.74 bits per heavy atom. The molecule has 0 radical (unpaired) electrons. The molecule has 2 aromatic heterocycles. The highest BCUT2D eigenvalue weighted by molar-refractivity contribution is 6.18. The number of hydrogen-bond acceptors (Lipinski definition) is 5. The summed E-state index contributed by atoms with van der Waals surface area (Å²) in [6.07, 6.45) is 6.50. The molecule has 5 heteroatoms. The van der Waals surface area contributed by atoms with Crippen LogP contribution in [0.5, 0.6) is 0 Å². The lowest BCUT2D eigenvalue weighted by Gasteiger charge is -2.26. The number of fused-ring (bicyclic) bond motifs is 2. The molecule has 3 aromatic rings. The second-order valence-corrected chi connectivity index (χ2v) is 6.87. The van der Waals surface area contributed by atoms with Crippen LogP contribution in [0.15, 0.2) is 72.1 Å². The maximum absolute atomic E-state index is 5.02. The molecule has 5 nitrogen and oxygen atoms in total. The molecule has 0 atom stereocenters. The Labute approximate surface area is 160 Å². The Balaban J connectivity index is 1.86. The Kier molecular flexibility index (Phi) is 4.94. The van der Waals surface area contributed by atoms with Gasteiger partial charge in [0, 0.05) is 36.3 Å². The summed E-state index contributed by atoms with van der Waals surface area (Å²) in [6, 6.07) is 16.4. The molecule has 0 N–H and O–H groups in total. The smallest absolute Gasteiger partial charge is 0.159 e. The quantitative estimate of drug-likeness (QED) is 0.691. The molecule has 27 heavy (non-hydrogen) atoms. The lowest BCUT2D eigenvalue weighted by molar-refractivity contribution is 0.402. The number of nitrogens with zero attached hydrogens (tertiary/aromatic N) is 5. The van der Waals surface area contributed by atoms with Crippen LogP contribution in [-0.4, -0.2) is 47.8 Å². The maximum Gasteiger partial charge on any atom is 0.159 e. The third-order valence-corrected chi connectivity index (χ3v) is 4.64. The van der Waals surface area contributed by atoms with E-state index in [4.69, 9.17) is 4.99 Å². The van der Waals surface area contributed by atoms with Gasteiger partial charge in [-0.15, -0.1) is 0 Å². The van der Waals surface area contributed by atoms with Crippen LogP contribution in [0, 0.1) is 0 Å². The second kappa shape index (κ2) is 7.68. The summed E-state index contributed by atoms with van der Waals surface area (Å²) in [5.74, 6) is 0.910. The number of aromatic nitrogens is 2. The fourth-order valence-electron chi connectivity index (χ4n) is 3.39. The van der Waals surface area contributed by atoms with Crippen molar-refractivity contribution in [3.8, 4) is 0 Å². The molecule has 0 unspecified atom stereocenters. The van der Waals surface area contributed by atoms with E-state index in [-0.39, 0.29) is 0 Å². The number of rotatable bonds is 5. The Morgan fingerprint density at radius 3 is 2.56 bits per heavy atom. The third kappa shape index (κ3) is 3.59. The molecule has 0 fully saturated rings. The minimum absolute atomic E-state index is 0.887. The Morgan fingerprint density at radius 1 is 0.926 bits per heavy atom. The molecule has 0 spiro atoms. The molecule has 3 heterocycles. The summed E-state index contributed by atoms with van der Waals surface area (Å²) < 4.78 is 0. The van der Waals surface area contributed by atoms with Crippen molar-refractivity contribution in [2.75, 3.05) is 32.1 Å². The van der Waals surface area contributed by atoms with Crippen LogP contribution < -0.4 is 4.90 Å². The summed E-state index contributed by atoms with van der Waals surface area (Å²) in [6.45, 7) is 1.91. The first kappa shape index (κ1) is 17.4. The van der Waals surface area contributed by atoms with E-state index in [1.807, 2.05) is 42.9 Å². The highest BCUT2D eigenvalue weighted by atomic mass is 15.2. The van der Waals surface area contributed by atoms with Crippen molar-refractivity contribution in [2.24, 2.45) is 4.99 Å². The van der Waals surface area contributed by atoms with Gasteiger partial charge in [-0.2, -0.15) is 0 Å². The molecule has 0 saturated carbocycles. The number of pyridine rings is 2. The van der Waals surface area contributed by atoms with E-state index in [9.17, 15) is 0 Å². The van der Waals surface area contributed by atoms with E-state index in [1.54, 1.807) is 0 Å². The SMILES string of the molecule is CN(C)CCCN1c2ccccc2C(c2ccncc2)=Nc2cccnc21. The lowest BCUT2D eigenvalue weighted by Crippen LogP contribution is -2.24. The third-order valence-electron chi connectivity index (χ3n) is 4.64. The van der Waals surface area contributed by atoms with Crippen LogP contribution in [0.2, 0.25) is 0 Å². The van der Waals surface area contributed by atoms with Gasteiger partial charge < -0.3 is 9.80 Å². The molecular weight excluding hydrogens is 334 g/mol. The summed E-state index contributed by atoms with van der Waals surface area (Å²) in [5.41, 5.74) is 5.17. The van der Waals surface area contributed by atoms with Crippen LogP contribution in [0.4, 0.5) is 17.2 Å². The van der Waals surface area contributed by atoms with Crippen LogP contribution in [-0.2, 0) is 0 Å². The van der Waals surface area contributed by atoms with Crippen molar-refractivity contribution in [1.29, 1.82) is 0 Å². The fourth-order valence-corrected chi connectivity index (χ4v) is 3.39. The number of para-hydroxylation sites is 1.